The fourth-order valence-electron chi connectivity index (χ4n) is 3.10. The maximum absolute atomic E-state index is 12.5. The van der Waals surface area contributed by atoms with E-state index < -0.39 is 0 Å². The minimum Gasteiger partial charge on any atom is -0.497 e. The summed E-state index contributed by atoms with van der Waals surface area (Å²) in [7, 11) is 1.65. The molecule has 2 aromatic carbocycles. The summed E-state index contributed by atoms with van der Waals surface area (Å²) >= 11 is 6.13. The molecular weight excluding hydrogens is 352 g/mol. The van der Waals surface area contributed by atoms with Gasteiger partial charge in [-0.15, -0.1) is 0 Å². The molecule has 1 aliphatic heterocycles. The Bertz CT molecular complexity index is 730. The van der Waals surface area contributed by atoms with E-state index in [9.17, 15) is 4.79 Å². The van der Waals surface area contributed by atoms with Crippen molar-refractivity contribution < 1.29 is 14.3 Å². The molecule has 0 saturated carbocycles. The van der Waals surface area contributed by atoms with Crippen molar-refractivity contribution in [3.8, 4) is 5.75 Å². The Labute approximate surface area is 158 Å². The zero-order chi connectivity index (χ0) is 18.4. The molecule has 0 aromatic heterocycles. The molecule has 1 N–H and O–H groups in total. The van der Waals surface area contributed by atoms with E-state index >= 15 is 0 Å². The number of hydrogen-bond donors (Lipinski definition) is 1. The Morgan fingerprint density at radius 2 is 1.88 bits per heavy atom. The Balaban J connectivity index is 1.74. The molecule has 138 valence electrons. The van der Waals surface area contributed by atoms with Crippen LogP contribution in [0.2, 0.25) is 5.02 Å². The van der Waals surface area contributed by atoms with E-state index in [2.05, 4.69) is 10.2 Å². The van der Waals surface area contributed by atoms with Crippen LogP contribution in [0.3, 0.4) is 0 Å². The molecule has 1 aliphatic rings. The van der Waals surface area contributed by atoms with Gasteiger partial charge in [0.05, 0.1) is 37.0 Å². The van der Waals surface area contributed by atoms with Gasteiger partial charge in [0.2, 0.25) is 0 Å². The van der Waals surface area contributed by atoms with Gasteiger partial charge in [0.15, 0.2) is 0 Å². The summed E-state index contributed by atoms with van der Waals surface area (Å²) < 4.78 is 10.7. The Kier molecular flexibility index (Phi) is 6.50. The molecule has 3 rings (SSSR count). The molecule has 6 heteroatoms. The number of carbonyl (C=O) groups excluding carboxylic acids is 1. The lowest BCUT2D eigenvalue weighted by molar-refractivity contribution is 0.0162. The van der Waals surface area contributed by atoms with E-state index in [4.69, 9.17) is 21.1 Å². The Hall–Kier alpha value is -2.08. The van der Waals surface area contributed by atoms with Crippen LogP contribution >= 0.6 is 11.6 Å². The zero-order valence-corrected chi connectivity index (χ0v) is 15.5. The minimum atomic E-state index is -0.164. The van der Waals surface area contributed by atoms with Crippen molar-refractivity contribution in [1.82, 2.24) is 10.2 Å². The van der Waals surface area contributed by atoms with E-state index in [1.807, 2.05) is 36.4 Å². The number of halogens is 1. The number of morpholine rings is 1. The van der Waals surface area contributed by atoms with Gasteiger partial charge in [-0.1, -0.05) is 35.9 Å². The van der Waals surface area contributed by atoms with Crippen LogP contribution in [-0.2, 0) is 4.74 Å². The van der Waals surface area contributed by atoms with Gasteiger partial charge < -0.3 is 14.8 Å². The van der Waals surface area contributed by atoms with Crippen LogP contribution in [0.15, 0.2) is 48.5 Å². The first-order valence-corrected chi connectivity index (χ1v) is 9.05. The molecule has 1 atom stereocenters. The van der Waals surface area contributed by atoms with Gasteiger partial charge in [-0.05, 0) is 29.8 Å². The lowest BCUT2D eigenvalue weighted by Crippen LogP contribution is -2.43. The van der Waals surface area contributed by atoms with Crippen LogP contribution in [0.5, 0.6) is 5.75 Å². The second kappa shape index (κ2) is 9.03. The summed E-state index contributed by atoms with van der Waals surface area (Å²) in [5.74, 6) is 0.650. The second-order valence-corrected chi connectivity index (χ2v) is 6.53. The lowest BCUT2D eigenvalue weighted by atomic mass is 10.0. The number of methoxy groups -OCH3 is 1. The van der Waals surface area contributed by atoms with Gasteiger partial charge >= 0.3 is 0 Å². The molecule has 2 aromatic rings. The van der Waals surface area contributed by atoms with E-state index in [1.54, 1.807) is 19.2 Å². The first-order valence-electron chi connectivity index (χ1n) is 8.67. The number of ether oxygens (including phenoxy) is 2. The standard InChI is InChI=1S/C20H23ClN2O3/c1-25-16-8-6-15(7-9-16)19(23-10-12-26-13-11-23)14-22-20(24)17-4-2-3-5-18(17)21/h2-9,19H,10-14H2,1H3,(H,22,24)/t19-/m0/s1. The highest BCUT2D eigenvalue weighted by Crippen LogP contribution is 2.24. The number of nitrogens with one attached hydrogen (secondary N) is 1. The Morgan fingerprint density at radius 1 is 1.19 bits per heavy atom. The van der Waals surface area contributed by atoms with E-state index in [1.165, 1.54) is 0 Å². The fourth-order valence-corrected chi connectivity index (χ4v) is 3.32. The molecule has 0 spiro atoms. The lowest BCUT2D eigenvalue weighted by Gasteiger charge is -2.35. The molecule has 1 fully saturated rings. The predicted octanol–water partition coefficient (Wildman–Crippen LogP) is 3.15. The number of hydrogen-bond acceptors (Lipinski definition) is 4. The maximum atomic E-state index is 12.5. The van der Waals surface area contributed by atoms with Crippen LogP contribution in [-0.4, -0.2) is 50.8 Å². The van der Waals surface area contributed by atoms with Crippen LogP contribution in [0.4, 0.5) is 0 Å². The third kappa shape index (κ3) is 4.55. The van der Waals surface area contributed by atoms with Crippen molar-refractivity contribution >= 4 is 17.5 Å². The number of rotatable bonds is 6. The quantitative estimate of drug-likeness (QED) is 0.843. The monoisotopic (exact) mass is 374 g/mol. The van der Waals surface area contributed by atoms with E-state index in [0.29, 0.717) is 30.3 Å². The summed E-state index contributed by atoms with van der Waals surface area (Å²) in [5, 5.41) is 3.48. The summed E-state index contributed by atoms with van der Waals surface area (Å²) in [4.78, 5) is 14.9. The first-order chi connectivity index (χ1) is 12.7. The molecule has 0 unspecified atom stereocenters. The Morgan fingerprint density at radius 3 is 2.54 bits per heavy atom. The van der Waals surface area contributed by atoms with Crippen molar-refractivity contribution in [3.05, 3.63) is 64.7 Å². The second-order valence-electron chi connectivity index (χ2n) is 6.13. The van der Waals surface area contributed by atoms with Gasteiger partial charge in [-0.2, -0.15) is 0 Å². The molecule has 0 aliphatic carbocycles. The van der Waals surface area contributed by atoms with Crippen LogP contribution in [0.1, 0.15) is 22.0 Å². The molecule has 5 nitrogen and oxygen atoms in total. The van der Waals surface area contributed by atoms with Crippen molar-refractivity contribution in [2.45, 2.75) is 6.04 Å². The largest absolute Gasteiger partial charge is 0.497 e. The number of amides is 1. The van der Waals surface area contributed by atoms with Crippen LogP contribution < -0.4 is 10.1 Å². The van der Waals surface area contributed by atoms with E-state index in [-0.39, 0.29) is 11.9 Å². The number of carbonyl (C=O) groups is 1. The summed E-state index contributed by atoms with van der Waals surface area (Å²) in [6.07, 6.45) is 0. The van der Waals surface area contributed by atoms with Crippen molar-refractivity contribution in [2.24, 2.45) is 0 Å². The molecular formula is C20H23ClN2O3. The predicted molar refractivity (Wildman–Crippen MR) is 102 cm³/mol. The first kappa shape index (κ1) is 18.7. The van der Waals surface area contributed by atoms with Crippen molar-refractivity contribution in [2.75, 3.05) is 40.0 Å². The third-order valence-corrected chi connectivity index (χ3v) is 4.89. The molecule has 0 bridgehead atoms. The van der Waals surface area contributed by atoms with Crippen LogP contribution in [0.25, 0.3) is 0 Å². The fraction of sp³-hybridized carbons (Fsp3) is 0.350. The van der Waals surface area contributed by atoms with Crippen LogP contribution in [0, 0.1) is 0 Å². The maximum Gasteiger partial charge on any atom is 0.252 e. The highest BCUT2D eigenvalue weighted by molar-refractivity contribution is 6.33. The average Bonchev–Trinajstić information content (AvgIpc) is 2.69. The summed E-state index contributed by atoms with van der Waals surface area (Å²) in [6, 6.07) is 15.1. The molecule has 1 heterocycles. The third-order valence-electron chi connectivity index (χ3n) is 4.56. The normalized spacial score (nSPS) is 16.1. The minimum absolute atomic E-state index is 0.0660. The van der Waals surface area contributed by atoms with E-state index in [0.717, 1.165) is 24.4 Å². The molecule has 1 saturated heterocycles. The summed E-state index contributed by atoms with van der Waals surface area (Å²) in [5.41, 5.74) is 1.62. The van der Waals surface area contributed by atoms with Crippen molar-refractivity contribution in [1.29, 1.82) is 0 Å². The van der Waals surface area contributed by atoms with Gasteiger partial charge in [-0.3, -0.25) is 9.69 Å². The average molecular weight is 375 g/mol. The summed E-state index contributed by atoms with van der Waals surface area (Å²) in [6.45, 7) is 3.56. The van der Waals surface area contributed by atoms with Crippen molar-refractivity contribution in [3.63, 3.8) is 0 Å². The smallest absolute Gasteiger partial charge is 0.252 e. The van der Waals surface area contributed by atoms with Gasteiger partial charge in [0, 0.05) is 19.6 Å². The molecule has 1 amide bonds. The van der Waals surface area contributed by atoms with Gasteiger partial charge in [-0.25, -0.2) is 0 Å². The number of nitrogens with zero attached hydrogens (tertiary/aromatic N) is 1. The SMILES string of the molecule is COc1ccc([C@H](CNC(=O)c2ccccc2Cl)N2CCOCC2)cc1. The highest BCUT2D eigenvalue weighted by atomic mass is 35.5. The topological polar surface area (TPSA) is 50.8 Å². The number of benzene rings is 2. The molecule has 0 radical (unpaired) electrons. The zero-order valence-electron chi connectivity index (χ0n) is 14.8. The highest BCUT2D eigenvalue weighted by Gasteiger charge is 2.23. The van der Waals surface area contributed by atoms with Gasteiger partial charge in [0.1, 0.15) is 5.75 Å². The van der Waals surface area contributed by atoms with Gasteiger partial charge in [0.25, 0.3) is 5.91 Å². The molecule has 26 heavy (non-hydrogen) atoms.